The normalized spacial score (nSPS) is 22.6. The van der Waals surface area contributed by atoms with Gasteiger partial charge in [0.25, 0.3) is 5.91 Å². The summed E-state index contributed by atoms with van der Waals surface area (Å²) in [6.45, 7) is 0.711. The first-order valence-electron chi connectivity index (χ1n) is 8.24. The van der Waals surface area contributed by atoms with Crippen LogP contribution in [0.2, 0.25) is 0 Å². The number of carboxylic acids is 1. The fourth-order valence-corrected chi connectivity index (χ4v) is 3.11. The van der Waals surface area contributed by atoms with Crippen LogP contribution in [0.4, 0.5) is 13.2 Å². The maximum Gasteiger partial charge on any atom is 0.317 e. The Bertz CT molecular complexity index is 665. The average molecular weight is 356 g/mol. The molecule has 2 aliphatic rings. The van der Waals surface area contributed by atoms with Crippen LogP contribution in [0.3, 0.4) is 0 Å². The van der Waals surface area contributed by atoms with Crippen molar-refractivity contribution < 1.29 is 27.9 Å². The zero-order chi connectivity index (χ0) is 18.1. The monoisotopic (exact) mass is 356 g/mol. The zero-order valence-electron chi connectivity index (χ0n) is 13.5. The topological polar surface area (TPSA) is 69.6 Å². The Hall–Kier alpha value is -2.09. The van der Waals surface area contributed by atoms with Crippen LogP contribution < -0.4 is 5.32 Å². The van der Waals surface area contributed by atoms with Crippen molar-refractivity contribution in [2.24, 2.45) is 5.92 Å². The molecule has 5 nitrogen and oxygen atoms in total. The molecule has 0 bridgehead atoms. The van der Waals surface area contributed by atoms with Crippen molar-refractivity contribution in [3.05, 3.63) is 35.1 Å². The summed E-state index contributed by atoms with van der Waals surface area (Å²) in [5.74, 6) is -5.43. The molecule has 0 atom stereocenters. The lowest BCUT2D eigenvalue weighted by Gasteiger charge is -2.42. The van der Waals surface area contributed by atoms with Gasteiger partial charge in [-0.15, -0.1) is 0 Å². The van der Waals surface area contributed by atoms with Gasteiger partial charge in [0.05, 0.1) is 6.54 Å². The Kier molecular flexibility index (Phi) is 4.99. The van der Waals surface area contributed by atoms with Crippen molar-refractivity contribution in [2.75, 3.05) is 13.1 Å². The molecule has 25 heavy (non-hydrogen) atoms. The SMILES string of the molecule is O=C(O)CN(CC1CC1)C1CC(NC(=O)c2cc(F)c(F)c(F)c2)C1. The van der Waals surface area contributed by atoms with E-state index in [0.29, 0.717) is 30.9 Å². The lowest BCUT2D eigenvalue weighted by molar-refractivity contribution is -0.139. The number of carbonyl (C=O) groups is 2. The van der Waals surface area contributed by atoms with Crippen molar-refractivity contribution >= 4 is 11.9 Å². The second-order valence-electron chi connectivity index (χ2n) is 6.82. The summed E-state index contributed by atoms with van der Waals surface area (Å²) in [6.07, 6.45) is 3.39. The number of nitrogens with zero attached hydrogens (tertiary/aromatic N) is 1. The van der Waals surface area contributed by atoms with Gasteiger partial charge < -0.3 is 10.4 Å². The minimum atomic E-state index is -1.61. The number of benzene rings is 1. The second-order valence-corrected chi connectivity index (χ2v) is 6.82. The highest BCUT2D eigenvalue weighted by atomic mass is 19.2. The standard InChI is InChI=1S/C17H19F3N2O3/c18-13-3-10(4-14(19)16(13)20)17(25)21-11-5-12(6-11)22(8-15(23)24)7-9-1-2-9/h3-4,9,11-12H,1-2,5-8H2,(H,21,25)(H,23,24). The number of nitrogens with one attached hydrogen (secondary N) is 1. The molecule has 1 aromatic carbocycles. The highest BCUT2D eigenvalue weighted by molar-refractivity contribution is 5.94. The van der Waals surface area contributed by atoms with E-state index in [1.54, 1.807) is 0 Å². The number of hydrogen-bond acceptors (Lipinski definition) is 3. The number of hydrogen-bond donors (Lipinski definition) is 2. The maximum atomic E-state index is 13.2. The molecule has 3 rings (SSSR count). The number of halogens is 3. The molecule has 136 valence electrons. The summed E-state index contributed by atoms with van der Waals surface area (Å²) in [4.78, 5) is 24.9. The van der Waals surface area contributed by atoms with Crippen LogP contribution >= 0.6 is 0 Å². The molecule has 0 unspecified atom stereocenters. The van der Waals surface area contributed by atoms with Gasteiger partial charge in [0.1, 0.15) is 0 Å². The van der Waals surface area contributed by atoms with Crippen molar-refractivity contribution in [1.29, 1.82) is 0 Å². The molecule has 1 amide bonds. The van der Waals surface area contributed by atoms with Crippen molar-refractivity contribution in [3.8, 4) is 0 Å². The predicted octanol–water partition coefficient (Wildman–Crippen LogP) is 2.16. The van der Waals surface area contributed by atoms with Gasteiger partial charge in [0.15, 0.2) is 17.5 Å². The molecule has 1 aromatic rings. The zero-order valence-corrected chi connectivity index (χ0v) is 13.5. The van der Waals surface area contributed by atoms with E-state index in [1.807, 2.05) is 4.90 Å². The van der Waals surface area contributed by atoms with Gasteiger partial charge in [-0.3, -0.25) is 14.5 Å². The summed E-state index contributed by atoms with van der Waals surface area (Å²) >= 11 is 0. The maximum absolute atomic E-state index is 13.2. The van der Waals surface area contributed by atoms with Crippen molar-refractivity contribution in [1.82, 2.24) is 10.2 Å². The van der Waals surface area contributed by atoms with E-state index in [-0.39, 0.29) is 24.2 Å². The van der Waals surface area contributed by atoms with Crippen LogP contribution in [0, 0.1) is 23.4 Å². The average Bonchev–Trinajstić information content (AvgIpc) is 3.30. The van der Waals surface area contributed by atoms with E-state index < -0.39 is 29.3 Å². The molecule has 2 fully saturated rings. The van der Waals surface area contributed by atoms with Crippen LogP contribution in [0.1, 0.15) is 36.0 Å². The van der Waals surface area contributed by atoms with Crippen LogP contribution in [0.25, 0.3) is 0 Å². The van der Waals surface area contributed by atoms with E-state index in [0.717, 1.165) is 19.4 Å². The lowest BCUT2D eigenvalue weighted by Crippen LogP contribution is -2.55. The van der Waals surface area contributed by atoms with Gasteiger partial charge in [-0.25, -0.2) is 13.2 Å². The third kappa shape index (κ3) is 4.31. The van der Waals surface area contributed by atoms with Gasteiger partial charge in [-0.1, -0.05) is 0 Å². The van der Waals surface area contributed by atoms with E-state index in [4.69, 9.17) is 5.11 Å². The predicted molar refractivity (Wildman–Crippen MR) is 82.5 cm³/mol. The molecule has 0 aliphatic heterocycles. The van der Waals surface area contributed by atoms with E-state index >= 15 is 0 Å². The van der Waals surface area contributed by atoms with Crippen LogP contribution in [0.15, 0.2) is 12.1 Å². The summed E-state index contributed by atoms with van der Waals surface area (Å²) in [7, 11) is 0. The summed E-state index contributed by atoms with van der Waals surface area (Å²) < 4.78 is 39.3. The Morgan fingerprint density at radius 2 is 1.76 bits per heavy atom. The molecule has 0 radical (unpaired) electrons. The first kappa shape index (κ1) is 17.7. The molecule has 2 saturated carbocycles. The van der Waals surface area contributed by atoms with Gasteiger partial charge in [-0.05, 0) is 43.7 Å². The van der Waals surface area contributed by atoms with E-state index in [2.05, 4.69) is 5.32 Å². The first-order valence-corrected chi connectivity index (χ1v) is 8.24. The van der Waals surface area contributed by atoms with Crippen LogP contribution in [-0.2, 0) is 4.79 Å². The molecular formula is C17H19F3N2O3. The summed E-state index contributed by atoms with van der Waals surface area (Å²) in [5, 5.41) is 11.7. The Balaban J connectivity index is 1.53. The first-order chi connectivity index (χ1) is 11.8. The number of carbonyl (C=O) groups excluding carboxylic acids is 1. The van der Waals surface area contributed by atoms with Crippen molar-refractivity contribution in [3.63, 3.8) is 0 Å². The third-order valence-electron chi connectivity index (χ3n) is 4.74. The minimum Gasteiger partial charge on any atom is -0.480 e. The largest absolute Gasteiger partial charge is 0.480 e. The van der Waals surface area contributed by atoms with E-state index in [9.17, 15) is 22.8 Å². The Labute approximate surface area is 142 Å². The molecule has 0 heterocycles. The van der Waals surface area contributed by atoms with Gasteiger partial charge in [0.2, 0.25) is 0 Å². The third-order valence-corrected chi connectivity index (χ3v) is 4.74. The lowest BCUT2D eigenvalue weighted by atomic mass is 9.85. The Morgan fingerprint density at radius 3 is 2.28 bits per heavy atom. The number of amides is 1. The van der Waals surface area contributed by atoms with Gasteiger partial charge >= 0.3 is 5.97 Å². The number of carboxylic acid groups (broad SMARTS) is 1. The van der Waals surface area contributed by atoms with E-state index in [1.165, 1.54) is 0 Å². The molecular weight excluding hydrogens is 337 g/mol. The fourth-order valence-electron chi connectivity index (χ4n) is 3.11. The molecule has 0 aromatic heterocycles. The summed E-state index contributed by atoms with van der Waals surface area (Å²) in [5.41, 5.74) is -0.278. The Morgan fingerprint density at radius 1 is 1.16 bits per heavy atom. The highest BCUT2D eigenvalue weighted by Crippen LogP contribution is 2.33. The smallest absolute Gasteiger partial charge is 0.317 e. The van der Waals surface area contributed by atoms with Crippen LogP contribution in [-0.4, -0.2) is 47.1 Å². The fraction of sp³-hybridized carbons (Fsp3) is 0.529. The van der Waals surface area contributed by atoms with Gasteiger partial charge in [0, 0.05) is 24.2 Å². The molecule has 2 N–H and O–H groups in total. The summed E-state index contributed by atoms with van der Waals surface area (Å²) in [6, 6.07) is 1.20. The molecule has 8 heteroatoms. The van der Waals surface area contributed by atoms with Crippen molar-refractivity contribution in [2.45, 2.75) is 37.8 Å². The number of aliphatic carboxylic acids is 1. The molecule has 0 saturated heterocycles. The minimum absolute atomic E-state index is 0.0315. The van der Waals surface area contributed by atoms with Gasteiger partial charge in [-0.2, -0.15) is 0 Å². The second kappa shape index (κ2) is 7.03. The quantitative estimate of drug-likeness (QED) is 0.735. The highest BCUT2D eigenvalue weighted by Gasteiger charge is 2.37. The number of rotatable bonds is 7. The molecule has 0 spiro atoms. The molecule has 2 aliphatic carbocycles. The van der Waals surface area contributed by atoms with Crippen LogP contribution in [0.5, 0.6) is 0 Å².